The van der Waals surface area contributed by atoms with E-state index < -0.39 is 11.4 Å². The van der Waals surface area contributed by atoms with Gasteiger partial charge in [0.25, 0.3) is 0 Å². The van der Waals surface area contributed by atoms with Crippen LogP contribution in [0.25, 0.3) is 0 Å². The van der Waals surface area contributed by atoms with Crippen molar-refractivity contribution < 1.29 is 13.9 Å². The molecule has 0 unspecified atom stereocenters. The van der Waals surface area contributed by atoms with E-state index in [1.165, 1.54) is 25.3 Å². The number of benzene rings is 1. The molecule has 1 aliphatic rings. The summed E-state index contributed by atoms with van der Waals surface area (Å²) in [7, 11) is 1.38. The lowest BCUT2D eigenvalue weighted by molar-refractivity contribution is -0.123. The number of carbonyl (C=O) groups is 1. The van der Waals surface area contributed by atoms with Crippen LogP contribution >= 0.6 is 12.4 Å². The maximum absolute atomic E-state index is 13.2. The predicted molar refractivity (Wildman–Crippen MR) is 69.6 cm³/mol. The van der Waals surface area contributed by atoms with E-state index in [4.69, 9.17) is 10.5 Å². The maximum Gasteiger partial charge on any atom is 0.244 e. The second-order valence-corrected chi connectivity index (χ2v) is 4.31. The lowest BCUT2D eigenvalue weighted by Gasteiger charge is -2.36. The first-order chi connectivity index (χ1) is 8.05. The zero-order valence-electron chi connectivity index (χ0n) is 10.0. The summed E-state index contributed by atoms with van der Waals surface area (Å²) in [4.78, 5) is 11.8. The monoisotopic (exact) mass is 274 g/mol. The van der Waals surface area contributed by atoms with Crippen LogP contribution in [0.3, 0.4) is 0 Å². The summed E-state index contributed by atoms with van der Waals surface area (Å²) in [6.45, 7) is 0. The van der Waals surface area contributed by atoms with Gasteiger partial charge in [-0.25, -0.2) is 4.39 Å². The zero-order valence-corrected chi connectivity index (χ0v) is 10.8. The van der Waals surface area contributed by atoms with Crippen molar-refractivity contribution in [3.05, 3.63) is 24.0 Å². The molecule has 100 valence electrons. The Hall–Kier alpha value is -1.33. The van der Waals surface area contributed by atoms with Gasteiger partial charge in [0, 0.05) is 11.8 Å². The van der Waals surface area contributed by atoms with Gasteiger partial charge in [-0.15, -0.1) is 12.4 Å². The van der Waals surface area contributed by atoms with Crippen molar-refractivity contribution in [2.24, 2.45) is 5.73 Å². The van der Waals surface area contributed by atoms with E-state index in [0.29, 0.717) is 18.5 Å². The number of anilines is 1. The van der Waals surface area contributed by atoms with Crippen LogP contribution in [-0.2, 0) is 4.79 Å². The van der Waals surface area contributed by atoms with Crippen LogP contribution in [0.15, 0.2) is 18.2 Å². The number of nitrogens with two attached hydrogens (primary N) is 1. The Morgan fingerprint density at radius 3 is 2.67 bits per heavy atom. The second-order valence-electron chi connectivity index (χ2n) is 4.31. The SMILES string of the molecule is COc1cc(NC(=O)C2(N)CCC2)ccc1F.Cl. The molecule has 1 amide bonds. The molecule has 1 saturated carbocycles. The van der Waals surface area contributed by atoms with Crippen molar-refractivity contribution in [1.82, 2.24) is 0 Å². The number of methoxy groups -OCH3 is 1. The molecule has 2 rings (SSSR count). The van der Waals surface area contributed by atoms with Crippen LogP contribution < -0.4 is 15.8 Å². The normalized spacial score (nSPS) is 16.2. The van der Waals surface area contributed by atoms with E-state index in [2.05, 4.69) is 5.32 Å². The zero-order chi connectivity index (χ0) is 12.5. The van der Waals surface area contributed by atoms with Crippen LogP contribution in [0.5, 0.6) is 5.75 Å². The lowest BCUT2D eigenvalue weighted by Crippen LogP contribution is -2.56. The average Bonchev–Trinajstić information content (AvgIpc) is 2.28. The molecule has 1 aromatic rings. The molecule has 0 radical (unpaired) electrons. The lowest BCUT2D eigenvalue weighted by atomic mass is 9.77. The third-order valence-electron chi connectivity index (χ3n) is 3.11. The molecule has 0 aromatic heterocycles. The maximum atomic E-state index is 13.2. The number of ether oxygens (including phenoxy) is 1. The molecule has 0 heterocycles. The molecule has 1 aliphatic carbocycles. The molecular formula is C12H16ClFN2O2. The van der Waals surface area contributed by atoms with Crippen LogP contribution in [0.4, 0.5) is 10.1 Å². The third kappa shape index (κ3) is 2.73. The van der Waals surface area contributed by atoms with Crippen LogP contribution in [0, 0.1) is 5.82 Å². The molecule has 0 atom stereocenters. The Morgan fingerprint density at radius 1 is 1.50 bits per heavy atom. The molecule has 0 spiro atoms. The fourth-order valence-electron chi connectivity index (χ4n) is 1.78. The van der Waals surface area contributed by atoms with Gasteiger partial charge in [0.15, 0.2) is 11.6 Å². The van der Waals surface area contributed by atoms with Crippen molar-refractivity contribution >= 4 is 24.0 Å². The highest BCUT2D eigenvalue weighted by molar-refractivity contribution is 5.98. The van der Waals surface area contributed by atoms with Crippen molar-refractivity contribution in [2.75, 3.05) is 12.4 Å². The van der Waals surface area contributed by atoms with Gasteiger partial charge in [-0.2, -0.15) is 0 Å². The van der Waals surface area contributed by atoms with Crippen LogP contribution in [0.1, 0.15) is 19.3 Å². The predicted octanol–water partition coefficient (Wildman–Crippen LogP) is 2.08. The molecule has 0 aliphatic heterocycles. The highest BCUT2D eigenvalue weighted by Crippen LogP contribution is 2.31. The second kappa shape index (κ2) is 5.54. The topological polar surface area (TPSA) is 64.3 Å². The molecule has 4 nitrogen and oxygen atoms in total. The first kappa shape index (κ1) is 14.7. The Kier molecular flexibility index (Phi) is 4.53. The molecule has 0 saturated heterocycles. The molecule has 1 fully saturated rings. The van der Waals surface area contributed by atoms with Gasteiger partial charge in [-0.3, -0.25) is 4.79 Å². The standard InChI is InChI=1S/C12H15FN2O2.ClH/c1-17-10-7-8(3-4-9(10)13)15-11(16)12(14)5-2-6-12;/h3-4,7H,2,5-6,14H2,1H3,(H,15,16);1H. The Morgan fingerprint density at radius 2 is 2.17 bits per heavy atom. The Balaban J connectivity index is 0.00000162. The largest absolute Gasteiger partial charge is 0.494 e. The summed E-state index contributed by atoms with van der Waals surface area (Å²) >= 11 is 0. The van der Waals surface area contributed by atoms with Crippen molar-refractivity contribution in [3.8, 4) is 5.75 Å². The molecule has 1 aromatic carbocycles. The van der Waals surface area contributed by atoms with E-state index >= 15 is 0 Å². The fraction of sp³-hybridized carbons (Fsp3) is 0.417. The minimum atomic E-state index is -0.762. The summed E-state index contributed by atoms with van der Waals surface area (Å²) in [5.74, 6) is -0.587. The third-order valence-corrected chi connectivity index (χ3v) is 3.11. The Labute approximate surface area is 111 Å². The number of hydrogen-bond acceptors (Lipinski definition) is 3. The smallest absolute Gasteiger partial charge is 0.244 e. The number of hydrogen-bond donors (Lipinski definition) is 2. The highest BCUT2D eigenvalue weighted by atomic mass is 35.5. The van der Waals surface area contributed by atoms with Gasteiger partial charge in [-0.05, 0) is 31.4 Å². The molecule has 6 heteroatoms. The van der Waals surface area contributed by atoms with Gasteiger partial charge in [-0.1, -0.05) is 0 Å². The summed E-state index contributed by atoms with van der Waals surface area (Å²) in [6.07, 6.45) is 2.35. The average molecular weight is 275 g/mol. The summed E-state index contributed by atoms with van der Waals surface area (Å²) in [5, 5.41) is 2.68. The number of amides is 1. The van der Waals surface area contributed by atoms with E-state index in [1.54, 1.807) is 0 Å². The molecule has 0 bridgehead atoms. The van der Waals surface area contributed by atoms with E-state index in [-0.39, 0.29) is 24.1 Å². The van der Waals surface area contributed by atoms with Crippen LogP contribution in [-0.4, -0.2) is 18.6 Å². The minimum Gasteiger partial charge on any atom is -0.494 e. The van der Waals surface area contributed by atoms with Gasteiger partial charge < -0.3 is 15.8 Å². The number of nitrogens with one attached hydrogen (secondary N) is 1. The number of halogens is 2. The van der Waals surface area contributed by atoms with E-state index in [0.717, 1.165) is 6.42 Å². The molecule has 18 heavy (non-hydrogen) atoms. The first-order valence-corrected chi connectivity index (χ1v) is 5.49. The van der Waals surface area contributed by atoms with E-state index in [1.807, 2.05) is 0 Å². The summed E-state index contributed by atoms with van der Waals surface area (Å²) in [5.41, 5.74) is 5.61. The van der Waals surface area contributed by atoms with Gasteiger partial charge >= 0.3 is 0 Å². The molecular weight excluding hydrogens is 259 g/mol. The summed E-state index contributed by atoms with van der Waals surface area (Å²) < 4.78 is 18.0. The fourth-order valence-corrected chi connectivity index (χ4v) is 1.78. The minimum absolute atomic E-state index is 0. The number of carbonyl (C=O) groups excluding carboxylic acids is 1. The van der Waals surface area contributed by atoms with Crippen molar-refractivity contribution in [1.29, 1.82) is 0 Å². The summed E-state index contributed by atoms with van der Waals surface area (Å²) in [6, 6.07) is 4.17. The van der Waals surface area contributed by atoms with Gasteiger partial charge in [0.2, 0.25) is 5.91 Å². The van der Waals surface area contributed by atoms with Crippen LogP contribution in [0.2, 0.25) is 0 Å². The first-order valence-electron chi connectivity index (χ1n) is 5.49. The van der Waals surface area contributed by atoms with E-state index in [9.17, 15) is 9.18 Å². The van der Waals surface area contributed by atoms with Crippen molar-refractivity contribution in [2.45, 2.75) is 24.8 Å². The number of rotatable bonds is 3. The quantitative estimate of drug-likeness (QED) is 0.887. The van der Waals surface area contributed by atoms with Gasteiger partial charge in [0.1, 0.15) is 0 Å². The van der Waals surface area contributed by atoms with Crippen molar-refractivity contribution in [3.63, 3.8) is 0 Å². The van der Waals surface area contributed by atoms with Gasteiger partial charge in [0.05, 0.1) is 12.6 Å². The highest BCUT2D eigenvalue weighted by Gasteiger charge is 2.40. The Bertz CT molecular complexity index is 450. The molecule has 3 N–H and O–H groups in total.